The second-order valence-electron chi connectivity index (χ2n) is 4.67. The predicted molar refractivity (Wildman–Crippen MR) is 79.1 cm³/mol. The van der Waals surface area contributed by atoms with Gasteiger partial charge in [0.1, 0.15) is 0 Å². The lowest BCUT2D eigenvalue weighted by Crippen LogP contribution is -2.28. The monoisotopic (exact) mass is 254 g/mol. The third-order valence-corrected chi connectivity index (χ3v) is 3.15. The van der Waals surface area contributed by atoms with Crippen LogP contribution in [0.4, 0.5) is 11.4 Å². The zero-order valence-electron chi connectivity index (χ0n) is 11.3. The van der Waals surface area contributed by atoms with Gasteiger partial charge in [0, 0.05) is 7.05 Å². The standard InChI is InChI=1S/C16H18N2O/c1-12-7-9-13(10-8-12)11-16(19)18(2)15-6-4-3-5-14(15)17/h3-10H,11,17H2,1-2H3. The van der Waals surface area contributed by atoms with Crippen LogP contribution in [0.5, 0.6) is 0 Å². The molecule has 0 aliphatic heterocycles. The molecule has 98 valence electrons. The van der Waals surface area contributed by atoms with E-state index in [9.17, 15) is 4.79 Å². The summed E-state index contributed by atoms with van der Waals surface area (Å²) in [6.45, 7) is 2.03. The number of anilines is 2. The van der Waals surface area contributed by atoms with Crippen molar-refractivity contribution < 1.29 is 4.79 Å². The van der Waals surface area contributed by atoms with Crippen LogP contribution in [0.2, 0.25) is 0 Å². The van der Waals surface area contributed by atoms with Crippen LogP contribution in [0, 0.1) is 6.92 Å². The largest absolute Gasteiger partial charge is 0.397 e. The molecule has 0 aromatic heterocycles. The smallest absolute Gasteiger partial charge is 0.231 e. The molecule has 2 rings (SSSR count). The second kappa shape index (κ2) is 5.57. The third-order valence-electron chi connectivity index (χ3n) is 3.15. The summed E-state index contributed by atoms with van der Waals surface area (Å²) in [7, 11) is 1.75. The Morgan fingerprint density at radius 3 is 2.37 bits per heavy atom. The average Bonchev–Trinajstić information content (AvgIpc) is 2.41. The molecule has 0 radical (unpaired) electrons. The second-order valence-corrected chi connectivity index (χ2v) is 4.67. The summed E-state index contributed by atoms with van der Waals surface area (Å²) in [6.07, 6.45) is 0.380. The Labute approximate surface area is 113 Å². The van der Waals surface area contributed by atoms with Gasteiger partial charge in [-0.05, 0) is 24.6 Å². The number of para-hydroxylation sites is 2. The van der Waals surface area contributed by atoms with Crippen molar-refractivity contribution in [1.29, 1.82) is 0 Å². The lowest BCUT2D eigenvalue weighted by molar-refractivity contribution is -0.117. The van der Waals surface area contributed by atoms with Gasteiger partial charge in [0.2, 0.25) is 5.91 Å². The van der Waals surface area contributed by atoms with Gasteiger partial charge >= 0.3 is 0 Å². The normalized spacial score (nSPS) is 10.2. The molecular weight excluding hydrogens is 236 g/mol. The summed E-state index contributed by atoms with van der Waals surface area (Å²) >= 11 is 0. The summed E-state index contributed by atoms with van der Waals surface area (Å²) in [5.74, 6) is 0.0294. The number of amides is 1. The van der Waals surface area contributed by atoms with Crippen LogP contribution >= 0.6 is 0 Å². The number of carbonyl (C=O) groups excluding carboxylic acids is 1. The van der Waals surface area contributed by atoms with Crippen LogP contribution in [0.1, 0.15) is 11.1 Å². The first-order valence-corrected chi connectivity index (χ1v) is 6.24. The van der Waals surface area contributed by atoms with Crippen molar-refractivity contribution >= 4 is 17.3 Å². The molecular formula is C16H18N2O. The molecule has 0 unspecified atom stereocenters. The quantitative estimate of drug-likeness (QED) is 0.856. The first-order valence-electron chi connectivity index (χ1n) is 6.24. The maximum absolute atomic E-state index is 12.2. The molecule has 0 bridgehead atoms. The lowest BCUT2D eigenvalue weighted by atomic mass is 10.1. The molecule has 0 saturated carbocycles. The zero-order chi connectivity index (χ0) is 13.8. The highest BCUT2D eigenvalue weighted by molar-refractivity contribution is 5.96. The fourth-order valence-electron chi connectivity index (χ4n) is 1.93. The molecule has 0 heterocycles. The van der Waals surface area contributed by atoms with E-state index >= 15 is 0 Å². The van der Waals surface area contributed by atoms with Gasteiger partial charge in [-0.2, -0.15) is 0 Å². The number of nitrogens with two attached hydrogens (primary N) is 1. The minimum atomic E-state index is 0.0294. The molecule has 0 aliphatic carbocycles. The fourth-order valence-corrected chi connectivity index (χ4v) is 1.93. The minimum absolute atomic E-state index is 0.0294. The topological polar surface area (TPSA) is 46.3 Å². The number of hydrogen-bond donors (Lipinski definition) is 1. The maximum atomic E-state index is 12.2. The van der Waals surface area contributed by atoms with Gasteiger partial charge in [0.25, 0.3) is 0 Å². The predicted octanol–water partition coefficient (Wildman–Crippen LogP) is 2.78. The van der Waals surface area contributed by atoms with Crippen molar-refractivity contribution in [3.8, 4) is 0 Å². The molecule has 19 heavy (non-hydrogen) atoms. The number of benzene rings is 2. The Balaban J connectivity index is 2.12. The Kier molecular flexibility index (Phi) is 3.85. The van der Waals surface area contributed by atoms with E-state index in [2.05, 4.69) is 0 Å². The highest BCUT2D eigenvalue weighted by Crippen LogP contribution is 2.21. The summed E-state index contributed by atoms with van der Waals surface area (Å²) in [4.78, 5) is 13.8. The highest BCUT2D eigenvalue weighted by atomic mass is 16.2. The summed E-state index contributed by atoms with van der Waals surface area (Å²) < 4.78 is 0. The van der Waals surface area contributed by atoms with Crippen LogP contribution < -0.4 is 10.6 Å². The molecule has 3 heteroatoms. The Hall–Kier alpha value is -2.29. The van der Waals surface area contributed by atoms with Crippen molar-refractivity contribution in [3.63, 3.8) is 0 Å². The van der Waals surface area contributed by atoms with Crippen molar-refractivity contribution in [1.82, 2.24) is 0 Å². The van der Waals surface area contributed by atoms with Gasteiger partial charge in [-0.1, -0.05) is 42.0 Å². The highest BCUT2D eigenvalue weighted by Gasteiger charge is 2.13. The van der Waals surface area contributed by atoms with E-state index in [0.29, 0.717) is 12.1 Å². The number of carbonyl (C=O) groups is 1. The molecule has 0 fully saturated rings. The van der Waals surface area contributed by atoms with E-state index in [-0.39, 0.29) is 5.91 Å². The van der Waals surface area contributed by atoms with E-state index in [4.69, 9.17) is 5.73 Å². The van der Waals surface area contributed by atoms with Crippen LogP contribution in [-0.2, 0) is 11.2 Å². The van der Waals surface area contributed by atoms with Gasteiger partial charge in [-0.15, -0.1) is 0 Å². The van der Waals surface area contributed by atoms with E-state index < -0.39 is 0 Å². The molecule has 0 atom stereocenters. The van der Waals surface area contributed by atoms with Gasteiger partial charge < -0.3 is 10.6 Å². The fraction of sp³-hybridized carbons (Fsp3) is 0.188. The molecule has 2 aromatic rings. The number of likely N-dealkylation sites (N-methyl/N-ethyl adjacent to an activating group) is 1. The lowest BCUT2D eigenvalue weighted by Gasteiger charge is -2.19. The average molecular weight is 254 g/mol. The van der Waals surface area contributed by atoms with E-state index in [1.807, 2.05) is 49.4 Å². The van der Waals surface area contributed by atoms with Crippen LogP contribution in [0.3, 0.4) is 0 Å². The first-order chi connectivity index (χ1) is 9.08. The third kappa shape index (κ3) is 3.13. The van der Waals surface area contributed by atoms with Crippen LogP contribution in [-0.4, -0.2) is 13.0 Å². The number of hydrogen-bond acceptors (Lipinski definition) is 2. The number of nitrogen functional groups attached to an aromatic ring is 1. The number of nitrogens with zero attached hydrogens (tertiary/aromatic N) is 1. The van der Waals surface area contributed by atoms with E-state index in [0.717, 1.165) is 11.3 Å². The Bertz CT molecular complexity index is 576. The Morgan fingerprint density at radius 1 is 1.11 bits per heavy atom. The zero-order valence-corrected chi connectivity index (χ0v) is 11.3. The summed E-state index contributed by atoms with van der Waals surface area (Å²) in [6, 6.07) is 15.4. The summed E-state index contributed by atoms with van der Waals surface area (Å²) in [5.41, 5.74) is 9.44. The van der Waals surface area contributed by atoms with Crippen molar-refractivity contribution in [2.24, 2.45) is 0 Å². The van der Waals surface area contributed by atoms with Crippen molar-refractivity contribution in [3.05, 3.63) is 59.7 Å². The van der Waals surface area contributed by atoms with Gasteiger partial charge in [0.05, 0.1) is 17.8 Å². The van der Waals surface area contributed by atoms with Gasteiger partial charge in [-0.25, -0.2) is 0 Å². The van der Waals surface area contributed by atoms with Crippen molar-refractivity contribution in [2.45, 2.75) is 13.3 Å². The minimum Gasteiger partial charge on any atom is -0.397 e. The van der Waals surface area contributed by atoms with Crippen LogP contribution in [0.25, 0.3) is 0 Å². The van der Waals surface area contributed by atoms with E-state index in [1.54, 1.807) is 18.0 Å². The van der Waals surface area contributed by atoms with Gasteiger partial charge in [0.15, 0.2) is 0 Å². The first kappa shape index (κ1) is 13.1. The molecule has 2 N–H and O–H groups in total. The van der Waals surface area contributed by atoms with Crippen LogP contribution in [0.15, 0.2) is 48.5 Å². The van der Waals surface area contributed by atoms with E-state index in [1.165, 1.54) is 5.56 Å². The number of aryl methyl sites for hydroxylation is 1. The maximum Gasteiger partial charge on any atom is 0.231 e. The molecule has 0 spiro atoms. The summed E-state index contributed by atoms with van der Waals surface area (Å²) in [5, 5.41) is 0. The Morgan fingerprint density at radius 2 is 1.74 bits per heavy atom. The molecule has 2 aromatic carbocycles. The molecule has 0 aliphatic rings. The van der Waals surface area contributed by atoms with Crippen molar-refractivity contribution in [2.75, 3.05) is 17.7 Å². The molecule has 0 saturated heterocycles. The number of rotatable bonds is 3. The SMILES string of the molecule is Cc1ccc(CC(=O)N(C)c2ccccc2N)cc1. The molecule has 1 amide bonds. The molecule has 3 nitrogen and oxygen atoms in total. The van der Waals surface area contributed by atoms with Gasteiger partial charge in [-0.3, -0.25) is 4.79 Å².